The average Bonchev–Trinajstić information content (AvgIpc) is 3.24. The van der Waals surface area contributed by atoms with Crippen molar-refractivity contribution in [3.05, 3.63) is 58.6 Å². The third kappa shape index (κ3) is 2.99. The number of hydrogen-bond acceptors (Lipinski definition) is 5. The van der Waals surface area contributed by atoms with Crippen LogP contribution in [0.5, 0.6) is 0 Å². The highest BCUT2D eigenvalue weighted by Gasteiger charge is 2.27. The minimum Gasteiger partial charge on any atom is -0.377 e. The summed E-state index contributed by atoms with van der Waals surface area (Å²) < 4.78 is 2.47. The first-order chi connectivity index (χ1) is 12.2. The fraction of sp³-hybridized carbons (Fsp3) is 0.158. The van der Waals surface area contributed by atoms with Gasteiger partial charge in [0.15, 0.2) is 0 Å². The van der Waals surface area contributed by atoms with Gasteiger partial charge in [-0.15, -0.1) is 22.7 Å². The number of nitrogens with one attached hydrogen (secondary N) is 1. The van der Waals surface area contributed by atoms with E-state index < -0.39 is 0 Å². The zero-order chi connectivity index (χ0) is 17.4. The minimum absolute atomic E-state index is 0.0658. The van der Waals surface area contributed by atoms with Crippen molar-refractivity contribution in [2.45, 2.75) is 6.92 Å². The van der Waals surface area contributed by atoms with Crippen LogP contribution in [-0.4, -0.2) is 30.2 Å². The third-order valence-electron chi connectivity index (χ3n) is 3.96. The number of likely N-dealkylation sites (N-methyl/N-ethyl adjacent to an activating group) is 1. The molecule has 126 valence electrons. The van der Waals surface area contributed by atoms with Gasteiger partial charge in [0.05, 0.1) is 5.00 Å². The number of fused-ring (bicyclic) bond motifs is 1. The molecule has 0 aliphatic carbocycles. The predicted molar refractivity (Wildman–Crippen MR) is 108 cm³/mol. The molecule has 1 amide bonds. The summed E-state index contributed by atoms with van der Waals surface area (Å²) in [4.78, 5) is 19.8. The van der Waals surface area contributed by atoms with Crippen LogP contribution in [0.25, 0.3) is 15.5 Å². The summed E-state index contributed by atoms with van der Waals surface area (Å²) in [6.07, 6.45) is 1.89. The van der Waals surface area contributed by atoms with Gasteiger partial charge in [0.1, 0.15) is 11.5 Å². The van der Waals surface area contributed by atoms with Crippen molar-refractivity contribution in [2.24, 2.45) is 4.99 Å². The molecule has 0 spiro atoms. The van der Waals surface area contributed by atoms with Crippen molar-refractivity contribution >= 4 is 54.9 Å². The molecule has 2 aromatic heterocycles. The lowest BCUT2D eigenvalue weighted by atomic mass is 10.2. The van der Waals surface area contributed by atoms with E-state index in [9.17, 15) is 4.79 Å². The molecule has 0 fully saturated rings. The van der Waals surface area contributed by atoms with Gasteiger partial charge in [-0.3, -0.25) is 9.69 Å². The Balaban J connectivity index is 1.67. The molecule has 6 heteroatoms. The normalized spacial score (nSPS) is 16.1. The molecule has 1 aromatic carbocycles. The second-order valence-corrected chi connectivity index (χ2v) is 7.91. The molecule has 3 heterocycles. The third-order valence-corrected chi connectivity index (χ3v) is 6.15. The number of carbonyl (C=O) groups is 1. The van der Waals surface area contributed by atoms with Crippen molar-refractivity contribution in [2.75, 3.05) is 18.9 Å². The van der Waals surface area contributed by atoms with Crippen LogP contribution in [0.1, 0.15) is 17.4 Å². The molecule has 1 aliphatic rings. The summed E-state index contributed by atoms with van der Waals surface area (Å²) in [5.41, 5.74) is 1.44. The molecule has 0 saturated carbocycles. The molecule has 0 radical (unpaired) electrons. The fourth-order valence-corrected chi connectivity index (χ4v) is 5.08. The Morgan fingerprint density at radius 1 is 1.16 bits per heavy atom. The van der Waals surface area contributed by atoms with E-state index in [1.54, 1.807) is 34.6 Å². The predicted octanol–water partition coefficient (Wildman–Crippen LogP) is 4.65. The van der Waals surface area contributed by atoms with E-state index in [1.807, 2.05) is 36.4 Å². The number of rotatable bonds is 4. The fourth-order valence-electron chi connectivity index (χ4n) is 2.77. The Bertz CT molecular complexity index is 967. The summed E-state index contributed by atoms with van der Waals surface area (Å²) in [6.45, 7) is 3.01. The van der Waals surface area contributed by atoms with Crippen molar-refractivity contribution in [3.63, 3.8) is 0 Å². The van der Waals surface area contributed by atoms with E-state index in [0.717, 1.165) is 17.0 Å². The van der Waals surface area contributed by atoms with Crippen LogP contribution in [0.3, 0.4) is 0 Å². The lowest BCUT2D eigenvalue weighted by Crippen LogP contribution is -2.28. The van der Waals surface area contributed by atoms with Crippen LogP contribution in [0.4, 0.5) is 5.00 Å². The molecule has 4 rings (SSSR count). The summed E-state index contributed by atoms with van der Waals surface area (Å²) in [6, 6.07) is 14.1. The van der Waals surface area contributed by atoms with Crippen LogP contribution < -0.4 is 5.32 Å². The van der Waals surface area contributed by atoms with E-state index in [-0.39, 0.29) is 5.91 Å². The van der Waals surface area contributed by atoms with Crippen LogP contribution in [0.2, 0.25) is 0 Å². The quantitative estimate of drug-likeness (QED) is 0.682. The molecule has 0 saturated heterocycles. The molecule has 0 atom stereocenters. The first-order valence-electron chi connectivity index (χ1n) is 8.07. The Kier molecular flexibility index (Phi) is 4.15. The zero-order valence-corrected chi connectivity index (χ0v) is 15.6. The maximum Gasteiger partial charge on any atom is 0.277 e. The van der Waals surface area contributed by atoms with E-state index in [1.165, 1.54) is 14.4 Å². The highest BCUT2D eigenvalue weighted by molar-refractivity contribution is 7.30. The smallest absolute Gasteiger partial charge is 0.277 e. The Labute approximate surface area is 154 Å². The molecule has 0 bridgehead atoms. The monoisotopic (exact) mass is 367 g/mol. The van der Waals surface area contributed by atoms with Gasteiger partial charge in [0.2, 0.25) is 0 Å². The van der Waals surface area contributed by atoms with Gasteiger partial charge in [-0.25, -0.2) is 4.99 Å². The average molecular weight is 367 g/mol. The number of amides is 1. The Hall–Kier alpha value is -2.44. The van der Waals surface area contributed by atoms with E-state index in [0.29, 0.717) is 11.5 Å². The van der Waals surface area contributed by atoms with E-state index in [2.05, 4.69) is 29.4 Å². The standard InChI is InChI=1S/C19H17N3OS2/c1-3-20-17-11-16-15(25-17)10-13(24-16)9-14-19(23)22(2)18(21-14)12-7-5-4-6-8-12/h4-11,20H,3H2,1-2H3/b14-9-. The van der Waals surface area contributed by atoms with Gasteiger partial charge >= 0.3 is 0 Å². The molecule has 1 aliphatic heterocycles. The van der Waals surface area contributed by atoms with Crippen LogP contribution in [-0.2, 0) is 4.79 Å². The molecule has 1 N–H and O–H groups in total. The number of hydrogen-bond donors (Lipinski definition) is 1. The summed E-state index contributed by atoms with van der Waals surface area (Å²) in [5.74, 6) is 0.633. The number of aliphatic imine (C=N–C) groups is 1. The van der Waals surface area contributed by atoms with Crippen molar-refractivity contribution < 1.29 is 4.79 Å². The second kappa shape index (κ2) is 6.46. The van der Waals surface area contributed by atoms with Crippen LogP contribution >= 0.6 is 22.7 Å². The van der Waals surface area contributed by atoms with Crippen molar-refractivity contribution in [1.29, 1.82) is 0 Å². The van der Waals surface area contributed by atoms with Crippen LogP contribution in [0, 0.1) is 0 Å². The molecule has 4 nitrogen and oxygen atoms in total. The second-order valence-electron chi connectivity index (χ2n) is 5.71. The number of benzene rings is 1. The maximum atomic E-state index is 12.5. The van der Waals surface area contributed by atoms with Crippen molar-refractivity contribution in [3.8, 4) is 0 Å². The zero-order valence-electron chi connectivity index (χ0n) is 13.9. The first-order valence-corrected chi connectivity index (χ1v) is 9.70. The first kappa shape index (κ1) is 16.1. The minimum atomic E-state index is -0.0658. The van der Waals surface area contributed by atoms with Gasteiger partial charge in [-0.1, -0.05) is 30.3 Å². The maximum absolute atomic E-state index is 12.5. The molecule has 0 unspecified atom stereocenters. The van der Waals surface area contributed by atoms with Gasteiger partial charge in [-0.05, 0) is 25.1 Å². The molecular formula is C19H17N3OS2. The largest absolute Gasteiger partial charge is 0.377 e. The highest BCUT2D eigenvalue weighted by atomic mass is 32.1. The molecule has 25 heavy (non-hydrogen) atoms. The van der Waals surface area contributed by atoms with Gasteiger partial charge < -0.3 is 5.32 Å². The number of anilines is 1. The Morgan fingerprint density at radius 2 is 1.92 bits per heavy atom. The molecule has 3 aromatic rings. The topological polar surface area (TPSA) is 44.7 Å². The summed E-state index contributed by atoms with van der Waals surface area (Å²) >= 11 is 3.42. The van der Waals surface area contributed by atoms with E-state index in [4.69, 9.17) is 0 Å². The lowest BCUT2D eigenvalue weighted by Gasteiger charge is -2.10. The number of thiophene rings is 2. The number of carbonyl (C=O) groups excluding carboxylic acids is 1. The van der Waals surface area contributed by atoms with Crippen LogP contribution in [0.15, 0.2) is 53.2 Å². The number of amidine groups is 1. The van der Waals surface area contributed by atoms with Gasteiger partial charge in [-0.2, -0.15) is 0 Å². The summed E-state index contributed by atoms with van der Waals surface area (Å²) in [5, 5.41) is 4.52. The Morgan fingerprint density at radius 3 is 2.64 bits per heavy atom. The van der Waals surface area contributed by atoms with Gasteiger partial charge in [0.25, 0.3) is 5.91 Å². The van der Waals surface area contributed by atoms with Crippen molar-refractivity contribution in [1.82, 2.24) is 4.90 Å². The lowest BCUT2D eigenvalue weighted by molar-refractivity contribution is -0.121. The summed E-state index contributed by atoms with van der Waals surface area (Å²) in [7, 11) is 1.77. The number of nitrogens with zero attached hydrogens (tertiary/aromatic N) is 2. The van der Waals surface area contributed by atoms with Gasteiger partial charge in [0, 0.05) is 33.4 Å². The van der Waals surface area contributed by atoms with E-state index >= 15 is 0 Å². The SMILES string of the molecule is CCNc1cc2sc(/C=C3\N=C(c4ccccc4)N(C)C3=O)cc2s1. The highest BCUT2D eigenvalue weighted by Crippen LogP contribution is 2.37. The molecular weight excluding hydrogens is 350 g/mol.